The summed E-state index contributed by atoms with van der Waals surface area (Å²) in [4.78, 5) is 9.17. The van der Waals surface area contributed by atoms with Gasteiger partial charge in [-0.3, -0.25) is 0 Å². The number of anilines is 1. The Kier molecular flexibility index (Phi) is 3.15. The van der Waals surface area contributed by atoms with Crippen LogP contribution in [0.15, 0.2) is 18.2 Å². The highest BCUT2D eigenvalue weighted by Crippen LogP contribution is 2.29. The number of aryl methyl sites for hydroxylation is 2. The van der Waals surface area contributed by atoms with Crippen molar-refractivity contribution in [3.05, 3.63) is 40.0 Å². The Hall–Kier alpha value is -1.61. The molecule has 0 spiro atoms. The van der Waals surface area contributed by atoms with E-state index in [0.717, 1.165) is 40.2 Å². The summed E-state index contributed by atoms with van der Waals surface area (Å²) in [6, 6.07) is 5.75. The smallest absolute Gasteiger partial charge is 0.162 e. The minimum atomic E-state index is 0.633. The molecule has 4 heteroatoms. The molecular formula is C15H16ClN3. The molecule has 19 heavy (non-hydrogen) atoms. The average Bonchev–Trinajstić information content (AvgIpc) is 2.38. The first-order valence-corrected chi connectivity index (χ1v) is 6.95. The van der Waals surface area contributed by atoms with Gasteiger partial charge in [-0.2, -0.15) is 0 Å². The molecule has 0 amide bonds. The predicted octanol–water partition coefficient (Wildman–Crippen LogP) is 3.57. The van der Waals surface area contributed by atoms with Crippen LogP contribution < -0.4 is 5.73 Å². The molecule has 0 saturated carbocycles. The lowest BCUT2D eigenvalue weighted by Gasteiger charge is -2.17. The first-order chi connectivity index (χ1) is 9.15. The van der Waals surface area contributed by atoms with Gasteiger partial charge in [-0.15, -0.1) is 0 Å². The third kappa shape index (κ3) is 2.30. The standard InChI is InChI=1S/C15H16ClN3/c1-9-8-10(16)6-7-11(9)15-18-13-5-3-2-4-12(13)14(17)19-15/h6-8H,2-5H2,1H3,(H2,17,18,19). The molecule has 0 saturated heterocycles. The molecule has 98 valence electrons. The van der Waals surface area contributed by atoms with Crippen LogP contribution in [0, 0.1) is 6.92 Å². The topological polar surface area (TPSA) is 51.8 Å². The third-order valence-electron chi connectivity index (χ3n) is 3.64. The number of halogens is 1. The summed E-state index contributed by atoms with van der Waals surface area (Å²) in [6.45, 7) is 2.01. The van der Waals surface area contributed by atoms with Crippen LogP contribution in [0.25, 0.3) is 11.4 Å². The maximum absolute atomic E-state index is 6.08. The fraction of sp³-hybridized carbons (Fsp3) is 0.333. The van der Waals surface area contributed by atoms with Crippen molar-refractivity contribution in [1.82, 2.24) is 9.97 Å². The minimum Gasteiger partial charge on any atom is -0.383 e. The summed E-state index contributed by atoms with van der Waals surface area (Å²) in [5, 5.41) is 0.729. The van der Waals surface area contributed by atoms with Crippen molar-refractivity contribution in [2.24, 2.45) is 0 Å². The number of nitrogens with two attached hydrogens (primary N) is 1. The van der Waals surface area contributed by atoms with Gasteiger partial charge in [-0.05, 0) is 56.4 Å². The van der Waals surface area contributed by atoms with E-state index in [9.17, 15) is 0 Å². The summed E-state index contributed by atoms with van der Waals surface area (Å²) in [6.07, 6.45) is 4.37. The van der Waals surface area contributed by atoms with Crippen LogP contribution in [-0.4, -0.2) is 9.97 Å². The van der Waals surface area contributed by atoms with Crippen molar-refractivity contribution in [2.45, 2.75) is 32.6 Å². The van der Waals surface area contributed by atoms with Gasteiger partial charge < -0.3 is 5.73 Å². The Labute approximate surface area is 117 Å². The summed E-state index contributed by atoms with van der Waals surface area (Å²) < 4.78 is 0. The van der Waals surface area contributed by atoms with Crippen LogP contribution in [-0.2, 0) is 12.8 Å². The summed E-state index contributed by atoms with van der Waals surface area (Å²) in [5.41, 5.74) is 10.4. The van der Waals surface area contributed by atoms with Gasteiger partial charge >= 0.3 is 0 Å². The van der Waals surface area contributed by atoms with Gasteiger partial charge in [-0.1, -0.05) is 11.6 Å². The molecule has 1 aromatic carbocycles. The molecule has 1 aromatic heterocycles. The first-order valence-electron chi connectivity index (χ1n) is 6.57. The van der Waals surface area contributed by atoms with E-state index in [1.54, 1.807) is 0 Å². The summed E-state index contributed by atoms with van der Waals surface area (Å²) in [7, 11) is 0. The van der Waals surface area contributed by atoms with Crippen molar-refractivity contribution in [3.8, 4) is 11.4 Å². The second kappa shape index (κ2) is 4.82. The fourth-order valence-corrected chi connectivity index (χ4v) is 2.85. The van der Waals surface area contributed by atoms with E-state index in [1.807, 2.05) is 25.1 Å². The minimum absolute atomic E-state index is 0.633. The Bertz CT molecular complexity index is 638. The molecule has 0 fully saturated rings. The van der Waals surface area contributed by atoms with Crippen molar-refractivity contribution >= 4 is 17.4 Å². The molecule has 1 aliphatic carbocycles. The number of hydrogen-bond donors (Lipinski definition) is 1. The van der Waals surface area contributed by atoms with Gasteiger partial charge in [0.25, 0.3) is 0 Å². The van der Waals surface area contributed by atoms with Crippen molar-refractivity contribution < 1.29 is 0 Å². The lowest BCUT2D eigenvalue weighted by atomic mass is 9.96. The molecular weight excluding hydrogens is 258 g/mol. The van der Waals surface area contributed by atoms with Crippen molar-refractivity contribution in [1.29, 1.82) is 0 Å². The van der Waals surface area contributed by atoms with Gasteiger partial charge in [0.05, 0.1) is 0 Å². The highest BCUT2D eigenvalue weighted by Gasteiger charge is 2.17. The van der Waals surface area contributed by atoms with Gasteiger partial charge in [0.1, 0.15) is 5.82 Å². The second-order valence-corrected chi connectivity index (χ2v) is 5.46. The van der Waals surface area contributed by atoms with Crippen LogP contribution in [0.3, 0.4) is 0 Å². The van der Waals surface area contributed by atoms with Crippen molar-refractivity contribution in [3.63, 3.8) is 0 Å². The van der Waals surface area contributed by atoms with E-state index >= 15 is 0 Å². The van der Waals surface area contributed by atoms with Crippen LogP contribution >= 0.6 is 11.6 Å². The number of benzene rings is 1. The van der Waals surface area contributed by atoms with E-state index < -0.39 is 0 Å². The van der Waals surface area contributed by atoms with Gasteiger partial charge in [0, 0.05) is 21.8 Å². The van der Waals surface area contributed by atoms with E-state index in [2.05, 4.69) is 4.98 Å². The number of fused-ring (bicyclic) bond motifs is 1. The predicted molar refractivity (Wildman–Crippen MR) is 78.3 cm³/mol. The van der Waals surface area contributed by atoms with Crippen LogP contribution in [0.2, 0.25) is 5.02 Å². The summed E-state index contributed by atoms with van der Waals surface area (Å²) >= 11 is 5.99. The van der Waals surface area contributed by atoms with Gasteiger partial charge in [0.2, 0.25) is 0 Å². The van der Waals surface area contributed by atoms with Crippen LogP contribution in [0.5, 0.6) is 0 Å². The molecule has 2 aromatic rings. The lowest BCUT2D eigenvalue weighted by molar-refractivity contribution is 0.666. The third-order valence-corrected chi connectivity index (χ3v) is 3.88. The number of hydrogen-bond acceptors (Lipinski definition) is 3. The molecule has 3 nitrogen and oxygen atoms in total. The Morgan fingerprint density at radius 2 is 1.95 bits per heavy atom. The van der Waals surface area contributed by atoms with E-state index in [0.29, 0.717) is 11.6 Å². The number of rotatable bonds is 1. The van der Waals surface area contributed by atoms with Gasteiger partial charge in [0.15, 0.2) is 5.82 Å². The SMILES string of the molecule is Cc1cc(Cl)ccc1-c1nc(N)c2c(n1)CCCC2. The monoisotopic (exact) mass is 273 g/mol. The second-order valence-electron chi connectivity index (χ2n) is 5.02. The Balaban J connectivity index is 2.13. The molecule has 0 unspecified atom stereocenters. The molecule has 0 aliphatic heterocycles. The zero-order valence-electron chi connectivity index (χ0n) is 10.9. The molecule has 0 bridgehead atoms. The highest BCUT2D eigenvalue weighted by molar-refractivity contribution is 6.30. The number of aromatic nitrogens is 2. The maximum atomic E-state index is 6.08. The molecule has 0 radical (unpaired) electrons. The van der Waals surface area contributed by atoms with Gasteiger partial charge in [-0.25, -0.2) is 9.97 Å². The molecule has 2 N–H and O–H groups in total. The quantitative estimate of drug-likeness (QED) is 0.864. The normalized spacial score (nSPS) is 14.2. The highest BCUT2D eigenvalue weighted by atomic mass is 35.5. The molecule has 0 atom stereocenters. The largest absolute Gasteiger partial charge is 0.383 e. The number of nitrogens with zero attached hydrogens (tertiary/aromatic N) is 2. The van der Waals surface area contributed by atoms with E-state index in [4.69, 9.17) is 22.3 Å². The number of nitrogen functional groups attached to an aromatic ring is 1. The van der Waals surface area contributed by atoms with Crippen molar-refractivity contribution in [2.75, 3.05) is 5.73 Å². The molecule has 1 heterocycles. The van der Waals surface area contributed by atoms with E-state index in [-0.39, 0.29) is 0 Å². The summed E-state index contributed by atoms with van der Waals surface area (Å²) in [5.74, 6) is 1.35. The molecule has 1 aliphatic rings. The van der Waals surface area contributed by atoms with Crippen LogP contribution in [0.4, 0.5) is 5.82 Å². The average molecular weight is 274 g/mol. The Morgan fingerprint density at radius 1 is 1.16 bits per heavy atom. The molecule has 3 rings (SSSR count). The maximum Gasteiger partial charge on any atom is 0.162 e. The first kappa shape index (κ1) is 12.4. The Morgan fingerprint density at radius 3 is 2.74 bits per heavy atom. The van der Waals surface area contributed by atoms with E-state index in [1.165, 1.54) is 12.8 Å². The zero-order valence-corrected chi connectivity index (χ0v) is 11.7. The van der Waals surface area contributed by atoms with Crippen LogP contribution in [0.1, 0.15) is 29.7 Å². The fourth-order valence-electron chi connectivity index (χ4n) is 2.62. The lowest BCUT2D eigenvalue weighted by Crippen LogP contribution is -2.12. The zero-order chi connectivity index (χ0) is 13.4.